The van der Waals surface area contributed by atoms with Crippen molar-refractivity contribution in [1.29, 1.82) is 5.26 Å². The number of carbonyl (C=O) groups is 3. The maximum atomic E-state index is 12.8. The predicted molar refractivity (Wildman–Crippen MR) is 121 cm³/mol. The molecule has 0 bridgehead atoms. The SMILES string of the molecule is N#CCNC(=O)[C@H](CS(=O)(=O)Cc1ccccc1)NC(=O)N1CCN(C(=O)c2ccco2)CC1. The summed E-state index contributed by atoms with van der Waals surface area (Å²) in [6, 6.07) is 11.4. The number of rotatable bonds is 8. The molecule has 1 fully saturated rings. The Morgan fingerprint density at radius 3 is 2.32 bits per heavy atom. The van der Waals surface area contributed by atoms with E-state index in [0.29, 0.717) is 5.56 Å². The van der Waals surface area contributed by atoms with Gasteiger partial charge < -0.3 is 24.9 Å². The fourth-order valence-electron chi connectivity index (χ4n) is 3.48. The number of nitrogens with one attached hydrogen (secondary N) is 2. The number of sulfone groups is 1. The van der Waals surface area contributed by atoms with E-state index in [9.17, 15) is 22.8 Å². The van der Waals surface area contributed by atoms with Gasteiger partial charge in [-0.2, -0.15) is 5.26 Å². The molecule has 2 N–H and O–H groups in total. The molecule has 1 atom stereocenters. The van der Waals surface area contributed by atoms with Gasteiger partial charge >= 0.3 is 6.03 Å². The molecule has 34 heavy (non-hydrogen) atoms. The van der Waals surface area contributed by atoms with E-state index in [-0.39, 0.29) is 50.1 Å². The number of furan rings is 1. The van der Waals surface area contributed by atoms with Crippen LogP contribution in [0.25, 0.3) is 0 Å². The number of nitrogens with zero attached hydrogens (tertiary/aromatic N) is 3. The maximum Gasteiger partial charge on any atom is 0.318 e. The summed E-state index contributed by atoms with van der Waals surface area (Å²) in [6.07, 6.45) is 1.40. The molecule has 1 aliphatic rings. The number of hydrogen-bond donors (Lipinski definition) is 2. The molecule has 2 aromatic rings. The van der Waals surface area contributed by atoms with Crippen LogP contribution in [0.3, 0.4) is 0 Å². The van der Waals surface area contributed by atoms with Crippen molar-refractivity contribution < 1.29 is 27.2 Å². The number of urea groups is 1. The van der Waals surface area contributed by atoms with Crippen LogP contribution in [0, 0.1) is 11.3 Å². The van der Waals surface area contributed by atoms with Crippen LogP contribution in [-0.4, -0.2) is 80.6 Å². The Kier molecular flexibility index (Phi) is 8.26. The van der Waals surface area contributed by atoms with Crippen molar-refractivity contribution in [3.8, 4) is 6.07 Å². The van der Waals surface area contributed by atoms with E-state index >= 15 is 0 Å². The largest absolute Gasteiger partial charge is 0.459 e. The highest BCUT2D eigenvalue weighted by atomic mass is 32.2. The Hall–Kier alpha value is -3.85. The van der Waals surface area contributed by atoms with Crippen LogP contribution in [0.2, 0.25) is 0 Å². The molecule has 11 nitrogen and oxygen atoms in total. The first-order chi connectivity index (χ1) is 16.3. The number of benzene rings is 1. The van der Waals surface area contributed by atoms with E-state index in [1.165, 1.54) is 11.2 Å². The van der Waals surface area contributed by atoms with Crippen molar-refractivity contribution in [2.45, 2.75) is 11.8 Å². The van der Waals surface area contributed by atoms with Gasteiger partial charge in [-0.25, -0.2) is 13.2 Å². The minimum absolute atomic E-state index is 0.196. The average molecular weight is 488 g/mol. The molecule has 0 aliphatic carbocycles. The topological polar surface area (TPSA) is 153 Å². The average Bonchev–Trinajstić information content (AvgIpc) is 3.37. The van der Waals surface area contributed by atoms with Gasteiger partial charge in [0, 0.05) is 26.2 Å². The van der Waals surface area contributed by atoms with Crippen molar-refractivity contribution in [1.82, 2.24) is 20.4 Å². The Morgan fingerprint density at radius 1 is 1.03 bits per heavy atom. The molecular weight excluding hydrogens is 462 g/mol. The van der Waals surface area contributed by atoms with E-state index in [1.54, 1.807) is 53.4 Å². The quantitative estimate of drug-likeness (QED) is 0.510. The first-order valence-electron chi connectivity index (χ1n) is 10.6. The van der Waals surface area contributed by atoms with E-state index in [2.05, 4.69) is 10.6 Å². The highest BCUT2D eigenvalue weighted by Crippen LogP contribution is 2.11. The summed E-state index contributed by atoms with van der Waals surface area (Å²) in [5, 5.41) is 13.5. The van der Waals surface area contributed by atoms with E-state index in [4.69, 9.17) is 9.68 Å². The minimum atomic E-state index is -3.77. The lowest BCUT2D eigenvalue weighted by Gasteiger charge is -2.35. The van der Waals surface area contributed by atoms with Gasteiger partial charge in [0.1, 0.15) is 12.6 Å². The standard InChI is InChI=1S/C22H25N5O6S/c23-8-9-24-20(28)18(16-34(31,32)15-17-5-2-1-3-6-17)25-22(30)27-12-10-26(11-13-27)21(29)19-7-4-14-33-19/h1-7,14,18H,9-13,15-16H2,(H,24,28)(H,25,30)/t18-/m0/s1. The Balaban J connectivity index is 1.61. The minimum Gasteiger partial charge on any atom is -0.459 e. The summed E-state index contributed by atoms with van der Waals surface area (Å²) < 4.78 is 30.5. The van der Waals surface area contributed by atoms with Crippen LogP contribution in [0.5, 0.6) is 0 Å². The highest BCUT2D eigenvalue weighted by Gasteiger charge is 2.31. The zero-order valence-electron chi connectivity index (χ0n) is 18.3. The Labute approximate surface area is 197 Å². The molecule has 0 saturated carbocycles. The summed E-state index contributed by atoms with van der Waals surface area (Å²) in [7, 11) is -3.77. The van der Waals surface area contributed by atoms with E-state index in [0.717, 1.165) is 0 Å². The molecule has 0 radical (unpaired) electrons. The summed E-state index contributed by atoms with van der Waals surface area (Å²) in [5.74, 6) is -1.76. The third-order valence-electron chi connectivity index (χ3n) is 5.19. The molecule has 1 aromatic heterocycles. The summed E-state index contributed by atoms with van der Waals surface area (Å²) in [6.45, 7) is 0.579. The second-order valence-corrected chi connectivity index (χ2v) is 9.78. The van der Waals surface area contributed by atoms with Crippen molar-refractivity contribution in [3.63, 3.8) is 0 Å². The molecule has 12 heteroatoms. The van der Waals surface area contributed by atoms with Crippen molar-refractivity contribution >= 4 is 27.7 Å². The summed E-state index contributed by atoms with van der Waals surface area (Å²) >= 11 is 0. The molecule has 1 aromatic carbocycles. The molecule has 4 amide bonds. The second kappa shape index (κ2) is 11.3. The number of piperazine rings is 1. The normalized spacial score (nSPS) is 14.7. The van der Waals surface area contributed by atoms with Gasteiger partial charge in [0.05, 0.1) is 23.8 Å². The molecule has 180 valence electrons. The lowest BCUT2D eigenvalue weighted by molar-refractivity contribution is -0.122. The summed E-state index contributed by atoms with van der Waals surface area (Å²) in [4.78, 5) is 40.6. The highest BCUT2D eigenvalue weighted by molar-refractivity contribution is 7.90. The van der Waals surface area contributed by atoms with Gasteiger partial charge in [0.15, 0.2) is 15.6 Å². The molecule has 0 unspecified atom stereocenters. The third-order valence-corrected chi connectivity index (χ3v) is 6.81. The molecule has 1 aliphatic heterocycles. The number of amides is 4. The molecule has 1 saturated heterocycles. The number of carbonyl (C=O) groups excluding carboxylic acids is 3. The predicted octanol–water partition coefficient (Wildman–Crippen LogP) is 0.370. The number of hydrogen-bond acceptors (Lipinski definition) is 7. The van der Waals surface area contributed by atoms with Gasteiger partial charge in [-0.05, 0) is 17.7 Å². The van der Waals surface area contributed by atoms with Gasteiger partial charge in [0.2, 0.25) is 5.91 Å². The zero-order valence-corrected chi connectivity index (χ0v) is 19.2. The van der Waals surface area contributed by atoms with Gasteiger partial charge in [-0.3, -0.25) is 9.59 Å². The maximum absolute atomic E-state index is 12.8. The third kappa shape index (κ3) is 6.82. The first-order valence-corrected chi connectivity index (χ1v) is 12.4. The fraction of sp³-hybridized carbons (Fsp3) is 0.364. The second-order valence-electron chi connectivity index (χ2n) is 7.67. The van der Waals surface area contributed by atoms with Crippen LogP contribution in [-0.2, 0) is 20.4 Å². The summed E-state index contributed by atoms with van der Waals surface area (Å²) in [5.41, 5.74) is 0.558. The lowest BCUT2D eigenvalue weighted by Crippen LogP contribution is -2.58. The molecule has 2 heterocycles. The molecular formula is C22H25N5O6S. The Bertz CT molecular complexity index is 1140. The van der Waals surface area contributed by atoms with Gasteiger partial charge in [-0.15, -0.1) is 0 Å². The smallest absolute Gasteiger partial charge is 0.318 e. The first kappa shape index (κ1) is 24.8. The molecule has 0 spiro atoms. The van der Waals surface area contributed by atoms with Crippen LogP contribution in [0.4, 0.5) is 4.79 Å². The van der Waals surface area contributed by atoms with E-state index < -0.39 is 33.6 Å². The van der Waals surface area contributed by atoms with Crippen molar-refractivity contribution in [2.75, 3.05) is 38.5 Å². The van der Waals surface area contributed by atoms with Crippen LogP contribution >= 0.6 is 0 Å². The zero-order chi connectivity index (χ0) is 24.6. The van der Waals surface area contributed by atoms with Crippen LogP contribution in [0.15, 0.2) is 53.1 Å². The van der Waals surface area contributed by atoms with Gasteiger partial charge in [0.25, 0.3) is 5.91 Å². The van der Waals surface area contributed by atoms with Crippen molar-refractivity contribution in [3.05, 3.63) is 60.1 Å². The number of nitriles is 1. The lowest BCUT2D eigenvalue weighted by atomic mass is 10.2. The van der Waals surface area contributed by atoms with Gasteiger partial charge in [-0.1, -0.05) is 30.3 Å². The molecule has 3 rings (SSSR count). The monoisotopic (exact) mass is 487 g/mol. The van der Waals surface area contributed by atoms with E-state index in [1.807, 2.05) is 0 Å². The van der Waals surface area contributed by atoms with Crippen LogP contribution < -0.4 is 10.6 Å². The Morgan fingerprint density at radius 2 is 1.71 bits per heavy atom. The fourth-order valence-corrected chi connectivity index (χ4v) is 5.04. The van der Waals surface area contributed by atoms with Crippen LogP contribution in [0.1, 0.15) is 16.1 Å². The van der Waals surface area contributed by atoms with Crippen molar-refractivity contribution in [2.24, 2.45) is 0 Å².